The minimum Gasteiger partial charge on any atom is -0.438 e. The second-order valence-corrected chi connectivity index (χ2v) is 9.66. The molecule has 0 atom stereocenters. The molecule has 1 saturated heterocycles. The fourth-order valence-corrected chi connectivity index (χ4v) is 4.86. The Bertz CT molecular complexity index is 877. The number of hydrogen-bond acceptors (Lipinski definition) is 7. The van der Waals surface area contributed by atoms with E-state index in [1.807, 2.05) is 0 Å². The lowest BCUT2D eigenvalue weighted by Gasteiger charge is -2.34. The molecule has 0 spiro atoms. The van der Waals surface area contributed by atoms with Crippen LogP contribution in [0.25, 0.3) is 11.7 Å². The Morgan fingerprint density at radius 1 is 1.11 bits per heavy atom. The molecule has 0 amide bonds. The first-order valence-corrected chi connectivity index (χ1v) is 11.0. The smallest absolute Gasteiger partial charge is 0.283 e. The third-order valence-electron chi connectivity index (χ3n) is 5.24. The van der Waals surface area contributed by atoms with E-state index in [0.29, 0.717) is 36.6 Å². The van der Waals surface area contributed by atoms with Gasteiger partial charge in [-0.3, -0.25) is 0 Å². The van der Waals surface area contributed by atoms with Gasteiger partial charge in [-0.1, -0.05) is 20.3 Å². The number of hydrogen-bond donors (Lipinski definition) is 0. The van der Waals surface area contributed by atoms with E-state index in [2.05, 4.69) is 28.9 Å². The molecule has 2 aromatic rings. The second-order valence-electron chi connectivity index (χ2n) is 7.79. The van der Waals surface area contributed by atoms with E-state index < -0.39 is 10.0 Å². The lowest BCUT2D eigenvalue weighted by molar-refractivity contribution is 0.171. The second kappa shape index (κ2) is 7.37. The molecule has 3 heterocycles. The molecule has 27 heavy (non-hydrogen) atoms. The van der Waals surface area contributed by atoms with Gasteiger partial charge in [-0.2, -0.15) is 4.31 Å². The SMILES string of the molecule is CC(C)CN1CCN(S(=O)(=O)c2ccc(-c3nnc(C4CCC4)o3)o2)CC1. The van der Waals surface area contributed by atoms with Crippen LogP contribution in [0, 0.1) is 5.92 Å². The Balaban J connectivity index is 1.45. The van der Waals surface area contributed by atoms with Gasteiger partial charge < -0.3 is 13.7 Å². The molecule has 0 bridgehead atoms. The summed E-state index contributed by atoms with van der Waals surface area (Å²) < 4.78 is 38.5. The molecule has 1 aliphatic heterocycles. The van der Waals surface area contributed by atoms with Crippen LogP contribution in [0.3, 0.4) is 0 Å². The normalized spacial score (nSPS) is 20.3. The van der Waals surface area contributed by atoms with E-state index in [0.717, 1.165) is 32.5 Å². The van der Waals surface area contributed by atoms with Gasteiger partial charge in [-0.25, -0.2) is 8.42 Å². The number of nitrogens with zero attached hydrogens (tertiary/aromatic N) is 4. The standard InChI is InChI=1S/C18H26N4O4S/c1-13(2)12-21-8-10-22(11-9-21)27(23,24)16-7-6-15(25-16)18-20-19-17(26-18)14-4-3-5-14/h6-7,13-14H,3-5,8-12H2,1-2H3. The average Bonchev–Trinajstić information content (AvgIpc) is 3.22. The highest BCUT2D eigenvalue weighted by molar-refractivity contribution is 7.89. The number of rotatable bonds is 6. The zero-order valence-electron chi connectivity index (χ0n) is 15.8. The van der Waals surface area contributed by atoms with Gasteiger partial charge in [-0.15, -0.1) is 10.2 Å². The van der Waals surface area contributed by atoms with Crippen LogP contribution in [0.1, 0.15) is 44.9 Å². The first kappa shape index (κ1) is 18.6. The Morgan fingerprint density at radius 2 is 1.85 bits per heavy atom. The molecule has 2 aliphatic rings. The summed E-state index contributed by atoms with van der Waals surface area (Å²) in [7, 11) is -3.65. The highest BCUT2D eigenvalue weighted by Crippen LogP contribution is 2.36. The van der Waals surface area contributed by atoms with Crippen molar-refractivity contribution in [2.45, 2.75) is 44.1 Å². The van der Waals surface area contributed by atoms with Gasteiger partial charge in [-0.05, 0) is 30.9 Å². The number of sulfonamides is 1. The van der Waals surface area contributed by atoms with Crippen molar-refractivity contribution in [1.29, 1.82) is 0 Å². The molecule has 0 aromatic carbocycles. The van der Waals surface area contributed by atoms with Gasteiger partial charge in [0.1, 0.15) is 0 Å². The summed E-state index contributed by atoms with van der Waals surface area (Å²) in [5.41, 5.74) is 0. The molecular formula is C18H26N4O4S. The zero-order valence-corrected chi connectivity index (χ0v) is 16.6. The van der Waals surface area contributed by atoms with E-state index in [-0.39, 0.29) is 11.0 Å². The molecule has 8 nitrogen and oxygen atoms in total. The van der Waals surface area contributed by atoms with Gasteiger partial charge >= 0.3 is 0 Å². The van der Waals surface area contributed by atoms with Crippen LogP contribution in [0.4, 0.5) is 0 Å². The van der Waals surface area contributed by atoms with Crippen molar-refractivity contribution in [2.24, 2.45) is 5.92 Å². The van der Waals surface area contributed by atoms with Crippen molar-refractivity contribution in [1.82, 2.24) is 19.4 Å². The summed E-state index contributed by atoms with van der Waals surface area (Å²) in [6.45, 7) is 7.73. The molecule has 1 saturated carbocycles. The van der Waals surface area contributed by atoms with Gasteiger partial charge in [0.15, 0.2) is 5.76 Å². The predicted molar refractivity (Wildman–Crippen MR) is 98.6 cm³/mol. The summed E-state index contributed by atoms with van der Waals surface area (Å²) >= 11 is 0. The Hall–Kier alpha value is -1.71. The van der Waals surface area contributed by atoms with E-state index >= 15 is 0 Å². The third-order valence-corrected chi connectivity index (χ3v) is 7.01. The third kappa shape index (κ3) is 3.81. The van der Waals surface area contributed by atoms with E-state index in [1.54, 1.807) is 6.07 Å². The Labute approximate surface area is 159 Å². The number of piperazine rings is 1. The van der Waals surface area contributed by atoms with Crippen molar-refractivity contribution < 1.29 is 17.3 Å². The molecule has 0 N–H and O–H groups in total. The Morgan fingerprint density at radius 3 is 2.48 bits per heavy atom. The van der Waals surface area contributed by atoms with Crippen LogP contribution in [0.15, 0.2) is 26.1 Å². The van der Waals surface area contributed by atoms with Crippen molar-refractivity contribution in [3.63, 3.8) is 0 Å². The van der Waals surface area contributed by atoms with E-state index in [4.69, 9.17) is 8.83 Å². The Kier molecular flexibility index (Phi) is 5.09. The maximum Gasteiger partial charge on any atom is 0.283 e. The van der Waals surface area contributed by atoms with Gasteiger partial charge in [0.25, 0.3) is 15.9 Å². The minimum absolute atomic E-state index is 0.0711. The number of furan rings is 1. The van der Waals surface area contributed by atoms with Gasteiger partial charge in [0.05, 0.1) is 0 Å². The lowest BCUT2D eigenvalue weighted by atomic mass is 9.85. The van der Waals surface area contributed by atoms with Crippen molar-refractivity contribution in [3.05, 3.63) is 18.0 Å². The van der Waals surface area contributed by atoms with Crippen molar-refractivity contribution in [3.8, 4) is 11.7 Å². The maximum atomic E-state index is 12.9. The van der Waals surface area contributed by atoms with Crippen LogP contribution in [0.5, 0.6) is 0 Å². The highest BCUT2D eigenvalue weighted by atomic mass is 32.2. The zero-order chi connectivity index (χ0) is 19.0. The lowest BCUT2D eigenvalue weighted by Crippen LogP contribution is -2.49. The molecular weight excluding hydrogens is 368 g/mol. The summed E-state index contributed by atoms with van der Waals surface area (Å²) in [6, 6.07) is 3.05. The van der Waals surface area contributed by atoms with Crippen LogP contribution < -0.4 is 0 Å². The molecule has 4 rings (SSSR count). The average molecular weight is 394 g/mol. The summed E-state index contributed by atoms with van der Waals surface area (Å²) in [4.78, 5) is 2.30. The summed E-state index contributed by atoms with van der Waals surface area (Å²) in [5.74, 6) is 2.04. The highest BCUT2D eigenvalue weighted by Gasteiger charge is 2.32. The molecule has 0 unspecified atom stereocenters. The number of aromatic nitrogens is 2. The fraction of sp³-hybridized carbons (Fsp3) is 0.667. The van der Waals surface area contributed by atoms with E-state index in [9.17, 15) is 8.42 Å². The molecule has 1 aliphatic carbocycles. The predicted octanol–water partition coefficient (Wildman–Crippen LogP) is 2.56. The fourth-order valence-electron chi connectivity index (χ4n) is 3.52. The van der Waals surface area contributed by atoms with Crippen molar-refractivity contribution >= 4 is 10.0 Å². The van der Waals surface area contributed by atoms with Crippen LogP contribution >= 0.6 is 0 Å². The minimum atomic E-state index is -3.65. The summed E-state index contributed by atoms with van der Waals surface area (Å²) in [5, 5.41) is 8.00. The molecule has 148 valence electrons. The first-order valence-electron chi connectivity index (χ1n) is 9.59. The maximum absolute atomic E-state index is 12.9. The largest absolute Gasteiger partial charge is 0.438 e. The quantitative estimate of drug-likeness (QED) is 0.743. The van der Waals surface area contributed by atoms with Crippen LogP contribution in [-0.2, 0) is 10.0 Å². The first-order chi connectivity index (χ1) is 12.9. The molecule has 0 radical (unpaired) electrons. The summed E-state index contributed by atoms with van der Waals surface area (Å²) in [6.07, 6.45) is 3.29. The monoisotopic (exact) mass is 394 g/mol. The topological polar surface area (TPSA) is 92.7 Å². The molecule has 9 heteroatoms. The van der Waals surface area contributed by atoms with E-state index in [1.165, 1.54) is 16.8 Å². The van der Waals surface area contributed by atoms with Gasteiger partial charge in [0, 0.05) is 38.6 Å². The van der Waals surface area contributed by atoms with Crippen LogP contribution in [0.2, 0.25) is 0 Å². The van der Waals surface area contributed by atoms with Gasteiger partial charge in [0.2, 0.25) is 11.0 Å². The molecule has 2 aromatic heterocycles. The van der Waals surface area contributed by atoms with Crippen molar-refractivity contribution in [2.75, 3.05) is 32.7 Å². The van der Waals surface area contributed by atoms with Crippen LogP contribution in [-0.4, -0.2) is 60.5 Å². The molecule has 2 fully saturated rings.